The molecule has 2 rings (SSSR count). The summed E-state index contributed by atoms with van der Waals surface area (Å²) in [6, 6.07) is 1.49. The lowest BCUT2D eigenvalue weighted by Crippen LogP contribution is -2.34. The first-order valence-electron chi connectivity index (χ1n) is 6.36. The fraction of sp³-hybridized carbons (Fsp3) is 0.538. The Hall–Kier alpha value is -1.20. The van der Waals surface area contributed by atoms with Crippen LogP contribution in [-0.4, -0.2) is 26.3 Å². The van der Waals surface area contributed by atoms with Crippen molar-refractivity contribution in [2.45, 2.75) is 25.4 Å². The molecular weight excluding hydrogens is 269 g/mol. The highest BCUT2D eigenvalue weighted by molar-refractivity contribution is 6.33. The van der Waals surface area contributed by atoms with Gasteiger partial charge in [-0.25, -0.2) is 4.39 Å². The number of rotatable bonds is 3. The Balaban J connectivity index is 2.18. The number of hydrogen-bond donors (Lipinski definition) is 2. The van der Waals surface area contributed by atoms with Gasteiger partial charge in [-0.15, -0.1) is 0 Å². The van der Waals surface area contributed by atoms with Crippen LogP contribution in [0.25, 0.3) is 0 Å². The van der Waals surface area contributed by atoms with Crippen LogP contribution in [-0.2, 0) is 4.74 Å². The van der Waals surface area contributed by atoms with Crippen molar-refractivity contribution >= 4 is 28.7 Å². The number of ether oxygens (including phenoxy) is 1. The van der Waals surface area contributed by atoms with E-state index in [-0.39, 0.29) is 28.2 Å². The van der Waals surface area contributed by atoms with Gasteiger partial charge in [-0.3, -0.25) is 0 Å². The van der Waals surface area contributed by atoms with Gasteiger partial charge in [0.15, 0.2) is 5.82 Å². The van der Waals surface area contributed by atoms with E-state index in [2.05, 4.69) is 0 Å². The molecule has 0 spiro atoms. The Labute approximate surface area is 117 Å². The maximum Gasteiger partial charge on any atom is 0.169 e. The van der Waals surface area contributed by atoms with Crippen LogP contribution in [0.4, 0.5) is 21.5 Å². The summed E-state index contributed by atoms with van der Waals surface area (Å²) in [4.78, 5) is 1.74. The Kier molecular flexibility index (Phi) is 4.37. The highest BCUT2D eigenvalue weighted by Crippen LogP contribution is 2.36. The van der Waals surface area contributed by atoms with E-state index >= 15 is 0 Å². The van der Waals surface area contributed by atoms with Gasteiger partial charge in [0.2, 0.25) is 0 Å². The van der Waals surface area contributed by atoms with Crippen LogP contribution in [0.2, 0.25) is 5.02 Å². The molecule has 4 N–H and O–H groups in total. The molecule has 0 amide bonds. The lowest BCUT2D eigenvalue weighted by molar-refractivity contribution is 0.0216. The summed E-state index contributed by atoms with van der Waals surface area (Å²) in [5, 5.41) is -0.0828. The van der Waals surface area contributed by atoms with Crippen molar-refractivity contribution in [1.82, 2.24) is 0 Å². The number of nitrogen functional groups attached to an aromatic ring is 2. The Morgan fingerprint density at radius 2 is 2.16 bits per heavy atom. The maximum absolute atomic E-state index is 14.2. The molecule has 0 aliphatic carbocycles. The normalized spacial score (nSPS) is 19.4. The third-order valence-electron chi connectivity index (χ3n) is 3.37. The molecule has 6 heteroatoms. The smallest absolute Gasteiger partial charge is 0.169 e. The molecule has 0 bridgehead atoms. The number of hydrogen-bond acceptors (Lipinski definition) is 4. The fourth-order valence-corrected chi connectivity index (χ4v) is 2.54. The van der Waals surface area contributed by atoms with Gasteiger partial charge < -0.3 is 21.1 Å². The van der Waals surface area contributed by atoms with Crippen molar-refractivity contribution in [3.8, 4) is 0 Å². The predicted octanol–water partition coefficient (Wildman–Crippen LogP) is 2.65. The molecule has 19 heavy (non-hydrogen) atoms. The van der Waals surface area contributed by atoms with Crippen molar-refractivity contribution in [1.29, 1.82) is 0 Å². The molecule has 1 aromatic rings. The van der Waals surface area contributed by atoms with E-state index in [1.165, 1.54) is 6.07 Å². The number of likely N-dealkylation sites (N-methyl/N-ethyl adjacent to an activating group) is 1. The van der Waals surface area contributed by atoms with Crippen LogP contribution >= 0.6 is 11.6 Å². The van der Waals surface area contributed by atoms with E-state index in [9.17, 15) is 4.39 Å². The highest BCUT2D eigenvalue weighted by atomic mass is 35.5. The van der Waals surface area contributed by atoms with Crippen LogP contribution in [0.5, 0.6) is 0 Å². The highest BCUT2D eigenvalue weighted by Gasteiger charge is 2.21. The number of halogens is 2. The first kappa shape index (κ1) is 14.2. The first-order valence-corrected chi connectivity index (χ1v) is 6.74. The van der Waals surface area contributed by atoms with Gasteiger partial charge in [0.1, 0.15) is 5.02 Å². The zero-order valence-corrected chi connectivity index (χ0v) is 11.7. The molecule has 0 saturated carbocycles. The average molecular weight is 288 g/mol. The van der Waals surface area contributed by atoms with Gasteiger partial charge in [0, 0.05) is 20.2 Å². The molecule has 1 aromatic carbocycles. The quantitative estimate of drug-likeness (QED) is 0.839. The van der Waals surface area contributed by atoms with Crippen molar-refractivity contribution in [3.63, 3.8) is 0 Å². The molecule has 1 aliphatic heterocycles. The van der Waals surface area contributed by atoms with Gasteiger partial charge in [0.05, 0.1) is 23.2 Å². The number of benzene rings is 1. The van der Waals surface area contributed by atoms with Gasteiger partial charge in [-0.2, -0.15) is 0 Å². The van der Waals surface area contributed by atoms with E-state index in [0.29, 0.717) is 6.54 Å². The zero-order valence-electron chi connectivity index (χ0n) is 11.0. The molecule has 1 unspecified atom stereocenters. The third kappa shape index (κ3) is 3.04. The summed E-state index contributed by atoms with van der Waals surface area (Å²) in [6.45, 7) is 1.35. The second-order valence-corrected chi connectivity index (χ2v) is 5.28. The monoisotopic (exact) mass is 287 g/mol. The standard InChI is InChI=1S/C13H19ClFN3O/c1-18(7-8-4-2-3-5-19-8)13-10(17)6-9(16)11(14)12(13)15/h6,8H,2-5,7,16-17H2,1H3. The summed E-state index contributed by atoms with van der Waals surface area (Å²) < 4.78 is 19.8. The minimum Gasteiger partial charge on any atom is -0.397 e. The van der Waals surface area contributed by atoms with Crippen molar-refractivity contribution in [2.24, 2.45) is 0 Å². The van der Waals surface area contributed by atoms with Crippen LogP contribution in [0.3, 0.4) is 0 Å². The fourth-order valence-electron chi connectivity index (χ4n) is 2.39. The molecule has 0 radical (unpaired) electrons. The topological polar surface area (TPSA) is 64.5 Å². The number of anilines is 3. The van der Waals surface area contributed by atoms with Crippen molar-refractivity contribution < 1.29 is 9.13 Å². The second kappa shape index (κ2) is 5.84. The summed E-state index contributed by atoms with van der Waals surface area (Å²) in [6.07, 6.45) is 3.31. The van der Waals surface area contributed by atoms with E-state index in [4.69, 9.17) is 27.8 Å². The van der Waals surface area contributed by atoms with Crippen molar-refractivity contribution in [3.05, 3.63) is 16.9 Å². The van der Waals surface area contributed by atoms with E-state index in [1.54, 1.807) is 11.9 Å². The van der Waals surface area contributed by atoms with Crippen molar-refractivity contribution in [2.75, 3.05) is 36.6 Å². The molecular formula is C13H19ClFN3O. The van der Waals surface area contributed by atoms with Crippen LogP contribution in [0.1, 0.15) is 19.3 Å². The summed E-state index contributed by atoms with van der Waals surface area (Å²) in [7, 11) is 1.78. The molecule has 1 heterocycles. The molecule has 4 nitrogen and oxygen atoms in total. The molecule has 106 valence electrons. The van der Waals surface area contributed by atoms with E-state index in [1.807, 2.05) is 0 Å². The van der Waals surface area contributed by atoms with Gasteiger partial charge in [-0.1, -0.05) is 11.6 Å². The molecule has 1 atom stereocenters. The Bertz CT molecular complexity index is 464. The summed E-state index contributed by atoms with van der Waals surface area (Å²) >= 11 is 5.83. The minimum absolute atomic E-state index is 0.0828. The largest absolute Gasteiger partial charge is 0.397 e. The van der Waals surface area contributed by atoms with Crippen LogP contribution in [0.15, 0.2) is 6.07 Å². The average Bonchev–Trinajstić information content (AvgIpc) is 2.37. The number of nitrogens with zero attached hydrogens (tertiary/aromatic N) is 1. The first-order chi connectivity index (χ1) is 9.00. The maximum atomic E-state index is 14.2. The van der Waals surface area contributed by atoms with E-state index in [0.717, 1.165) is 25.9 Å². The Morgan fingerprint density at radius 3 is 2.79 bits per heavy atom. The van der Waals surface area contributed by atoms with Crippen LogP contribution < -0.4 is 16.4 Å². The van der Waals surface area contributed by atoms with Crippen LogP contribution in [0, 0.1) is 5.82 Å². The molecule has 1 saturated heterocycles. The van der Waals surface area contributed by atoms with Gasteiger partial charge >= 0.3 is 0 Å². The zero-order chi connectivity index (χ0) is 14.0. The third-order valence-corrected chi connectivity index (χ3v) is 3.76. The van der Waals surface area contributed by atoms with Gasteiger partial charge in [-0.05, 0) is 25.3 Å². The summed E-state index contributed by atoms with van der Waals surface area (Å²) in [5.74, 6) is -0.572. The Morgan fingerprint density at radius 1 is 1.42 bits per heavy atom. The predicted molar refractivity (Wildman–Crippen MR) is 77.1 cm³/mol. The lowest BCUT2D eigenvalue weighted by Gasteiger charge is -2.29. The molecule has 1 fully saturated rings. The SMILES string of the molecule is CN(CC1CCCCO1)c1c(N)cc(N)c(Cl)c1F. The second-order valence-electron chi connectivity index (χ2n) is 4.90. The molecule has 1 aliphatic rings. The van der Waals surface area contributed by atoms with Gasteiger partial charge in [0.25, 0.3) is 0 Å². The molecule has 0 aromatic heterocycles. The summed E-state index contributed by atoms with van der Waals surface area (Å²) in [5.41, 5.74) is 12.1. The minimum atomic E-state index is -0.572. The number of nitrogens with two attached hydrogens (primary N) is 2. The van der Waals surface area contributed by atoms with E-state index < -0.39 is 5.82 Å². The lowest BCUT2D eigenvalue weighted by atomic mass is 10.1.